The third kappa shape index (κ3) is 4.54. The average Bonchev–Trinajstić information content (AvgIpc) is 2.25. The molecule has 0 N–H and O–H groups in total. The van der Waals surface area contributed by atoms with Gasteiger partial charge < -0.3 is 0 Å². The first-order valence-electron chi connectivity index (χ1n) is 4.80. The summed E-state index contributed by atoms with van der Waals surface area (Å²) in [6.07, 6.45) is 1.51. The van der Waals surface area contributed by atoms with E-state index >= 15 is 0 Å². The fourth-order valence-electron chi connectivity index (χ4n) is 1.26. The Morgan fingerprint density at radius 1 is 1.50 bits per heavy atom. The van der Waals surface area contributed by atoms with Gasteiger partial charge in [0.05, 0.1) is 29.3 Å². The minimum absolute atomic E-state index is 0.302. The van der Waals surface area contributed by atoms with E-state index in [-0.39, 0.29) is 12.5 Å². The van der Waals surface area contributed by atoms with Gasteiger partial charge in [-0.3, -0.25) is 7.91 Å². The highest BCUT2D eigenvalue weighted by atomic mass is 127. The highest BCUT2D eigenvalue weighted by molar-refractivity contribution is 14.1. The van der Waals surface area contributed by atoms with Gasteiger partial charge in [0.2, 0.25) is 0 Å². The Kier molecular flexibility index (Phi) is 4.82. The summed E-state index contributed by atoms with van der Waals surface area (Å²) in [7, 11) is 0. The number of amides is 1. The number of rotatable bonds is 3. The third-order valence-electron chi connectivity index (χ3n) is 2.10. The monoisotopic (exact) mass is 345 g/mol. The molecule has 1 aliphatic rings. The van der Waals surface area contributed by atoms with Crippen molar-refractivity contribution in [3.63, 3.8) is 0 Å². The van der Waals surface area contributed by atoms with Gasteiger partial charge in [-0.05, 0) is 12.8 Å². The van der Waals surface area contributed by atoms with Crippen molar-refractivity contribution in [1.29, 1.82) is 0 Å². The molecule has 16 heavy (non-hydrogen) atoms. The zero-order valence-electron chi connectivity index (χ0n) is 8.43. The maximum absolute atomic E-state index is 12.0. The van der Waals surface area contributed by atoms with Gasteiger partial charge >= 0.3 is 6.18 Å². The molecule has 1 amide bonds. The quantitative estimate of drug-likeness (QED) is 0.567. The molecule has 0 aliphatic heterocycles. The molecule has 0 spiro atoms. The molecule has 0 saturated heterocycles. The molecule has 0 bridgehead atoms. The summed E-state index contributed by atoms with van der Waals surface area (Å²) < 4.78 is 37.0. The summed E-state index contributed by atoms with van der Waals surface area (Å²) in [5.41, 5.74) is 0.569. The predicted molar refractivity (Wildman–Crippen MR) is 62.9 cm³/mol. The van der Waals surface area contributed by atoms with E-state index in [0.29, 0.717) is 12.0 Å². The van der Waals surface area contributed by atoms with Crippen LogP contribution in [0.3, 0.4) is 0 Å². The molecule has 0 unspecified atom stereocenters. The van der Waals surface area contributed by atoms with E-state index in [2.05, 4.69) is 0 Å². The summed E-state index contributed by atoms with van der Waals surface area (Å²) in [4.78, 5) is 11.7. The molecule has 1 rings (SSSR count). The molecular formula is C10H11F3INO. The predicted octanol–water partition coefficient (Wildman–Crippen LogP) is 3.39. The van der Waals surface area contributed by atoms with Crippen LogP contribution in [0, 0.1) is 0 Å². The Bertz CT molecular complexity index is 323. The molecule has 0 fully saturated rings. The Morgan fingerprint density at radius 3 is 2.69 bits per heavy atom. The highest BCUT2D eigenvalue weighted by Gasteiger charge is 2.29. The number of nitrogens with zero attached hydrogens (tertiary/aromatic N) is 1. The van der Waals surface area contributed by atoms with Gasteiger partial charge in [0, 0.05) is 12.1 Å². The Labute approximate surface area is 106 Å². The van der Waals surface area contributed by atoms with Crippen molar-refractivity contribution < 1.29 is 18.0 Å². The maximum atomic E-state index is 12.0. The minimum Gasteiger partial charge on any atom is -0.281 e. The SMILES string of the molecule is O=C(C1=CC=CCC1)N(I)CCC(F)(F)F. The van der Waals surface area contributed by atoms with Crippen molar-refractivity contribution in [1.82, 2.24) is 3.11 Å². The summed E-state index contributed by atoms with van der Waals surface area (Å²) in [6, 6.07) is 0. The number of hydrogen-bond acceptors (Lipinski definition) is 1. The zero-order valence-corrected chi connectivity index (χ0v) is 10.6. The average molecular weight is 345 g/mol. The van der Waals surface area contributed by atoms with Crippen LogP contribution in [0.2, 0.25) is 0 Å². The molecule has 0 aromatic carbocycles. The van der Waals surface area contributed by atoms with Crippen molar-refractivity contribution in [3.05, 3.63) is 23.8 Å². The number of carbonyl (C=O) groups excluding carboxylic acids is 1. The van der Waals surface area contributed by atoms with Crippen molar-refractivity contribution in [2.24, 2.45) is 0 Å². The Hall–Kier alpha value is -0.530. The molecular weight excluding hydrogens is 334 g/mol. The van der Waals surface area contributed by atoms with Crippen molar-refractivity contribution >= 4 is 28.8 Å². The summed E-state index contributed by atoms with van der Waals surface area (Å²) in [5, 5.41) is 0. The lowest BCUT2D eigenvalue weighted by Crippen LogP contribution is -2.27. The van der Waals surface area contributed by atoms with Gasteiger partial charge in [0.15, 0.2) is 0 Å². The van der Waals surface area contributed by atoms with Crippen LogP contribution >= 0.6 is 22.9 Å². The van der Waals surface area contributed by atoms with E-state index in [1.165, 1.54) is 0 Å². The second kappa shape index (κ2) is 5.70. The summed E-state index contributed by atoms with van der Waals surface area (Å²) >= 11 is 1.63. The first kappa shape index (κ1) is 13.5. The number of alkyl halides is 3. The van der Waals surface area contributed by atoms with Gasteiger partial charge in [-0.1, -0.05) is 18.2 Å². The zero-order chi connectivity index (χ0) is 12.2. The van der Waals surface area contributed by atoms with E-state index in [4.69, 9.17) is 0 Å². The minimum atomic E-state index is -4.22. The smallest absolute Gasteiger partial charge is 0.281 e. The molecule has 1 aliphatic carbocycles. The second-order valence-corrected chi connectivity index (χ2v) is 4.58. The topological polar surface area (TPSA) is 20.3 Å². The van der Waals surface area contributed by atoms with Gasteiger partial charge in [0.1, 0.15) is 0 Å². The summed E-state index contributed by atoms with van der Waals surface area (Å²) in [5.74, 6) is -0.325. The first-order valence-corrected chi connectivity index (χ1v) is 5.77. The molecule has 0 saturated carbocycles. The standard InChI is InChI=1S/C10H11F3INO/c11-10(12,13)6-7-15(14)9(16)8-4-2-1-3-5-8/h1-2,4H,3,5-7H2. The highest BCUT2D eigenvalue weighted by Crippen LogP contribution is 2.23. The van der Waals surface area contributed by atoms with Crippen molar-refractivity contribution in [2.45, 2.75) is 25.4 Å². The van der Waals surface area contributed by atoms with Crippen LogP contribution in [-0.2, 0) is 4.79 Å². The van der Waals surface area contributed by atoms with Crippen LogP contribution in [0.15, 0.2) is 23.8 Å². The van der Waals surface area contributed by atoms with Crippen molar-refractivity contribution in [3.8, 4) is 0 Å². The fraction of sp³-hybridized carbons (Fsp3) is 0.500. The molecule has 0 radical (unpaired) electrons. The Morgan fingerprint density at radius 2 is 2.19 bits per heavy atom. The van der Waals surface area contributed by atoms with E-state index in [9.17, 15) is 18.0 Å². The third-order valence-corrected chi connectivity index (χ3v) is 3.02. The number of carbonyl (C=O) groups is 1. The second-order valence-electron chi connectivity index (χ2n) is 3.41. The number of hydrogen-bond donors (Lipinski definition) is 0. The molecule has 90 valence electrons. The van der Waals surface area contributed by atoms with Crippen molar-refractivity contribution in [2.75, 3.05) is 6.54 Å². The lowest BCUT2D eigenvalue weighted by atomic mass is 10.0. The molecule has 0 heterocycles. The molecule has 2 nitrogen and oxygen atoms in total. The maximum Gasteiger partial charge on any atom is 0.390 e. The number of allylic oxidation sites excluding steroid dienone is 3. The van der Waals surface area contributed by atoms with Crippen LogP contribution in [0.5, 0.6) is 0 Å². The van der Waals surface area contributed by atoms with Crippen LogP contribution < -0.4 is 0 Å². The molecule has 0 atom stereocenters. The molecule has 0 aromatic heterocycles. The number of halogens is 4. The van der Waals surface area contributed by atoms with E-state index in [1.807, 2.05) is 6.08 Å². The first-order chi connectivity index (χ1) is 7.40. The lowest BCUT2D eigenvalue weighted by Gasteiger charge is -2.18. The van der Waals surface area contributed by atoms with Crippen LogP contribution in [-0.4, -0.2) is 21.7 Å². The van der Waals surface area contributed by atoms with Crippen LogP contribution in [0.4, 0.5) is 13.2 Å². The van der Waals surface area contributed by atoms with E-state index < -0.39 is 12.6 Å². The van der Waals surface area contributed by atoms with Gasteiger partial charge in [-0.2, -0.15) is 13.2 Å². The van der Waals surface area contributed by atoms with E-state index in [1.54, 1.807) is 35.0 Å². The van der Waals surface area contributed by atoms with Gasteiger partial charge in [-0.15, -0.1) is 0 Å². The van der Waals surface area contributed by atoms with Gasteiger partial charge in [-0.25, -0.2) is 0 Å². The normalized spacial score (nSPS) is 15.9. The largest absolute Gasteiger partial charge is 0.390 e. The Balaban J connectivity index is 2.48. The van der Waals surface area contributed by atoms with E-state index in [0.717, 1.165) is 9.53 Å². The van der Waals surface area contributed by atoms with Crippen LogP contribution in [0.25, 0.3) is 0 Å². The van der Waals surface area contributed by atoms with Gasteiger partial charge in [0.25, 0.3) is 5.91 Å². The fourth-order valence-corrected chi connectivity index (χ4v) is 1.81. The molecule has 0 aromatic rings. The molecule has 6 heteroatoms. The summed E-state index contributed by atoms with van der Waals surface area (Å²) in [6.45, 7) is -0.302. The van der Waals surface area contributed by atoms with Crippen LogP contribution in [0.1, 0.15) is 19.3 Å². The lowest BCUT2D eigenvalue weighted by molar-refractivity contribution is -0.138.